The van der Waals surface area contributed by atoms with Crippen molar-refractivity contribution in [2.45, 2.75) is 12.6 Å². The molecule has 1 aromatic carbocycles. The summed E-state index contributed by atoms with van der Waals surface area (Å²) in [4.78, 5) is 18.0. The SMILES string of the molecule is CN1CCN(C[C@H](O)CN(C)C(=O)NCc2cccc(F)c2)CC1. The molecule has 1 aliphatic heterocycles. The van der Waals surface area contributed by atoms with Crippen LogP contribution in [0.5, 0.6) is 0 Å². The Balaban J connectivity index is 1.70. The van der Waals surface area contributed by atoms with E-state index in [-0.39, 0.29) is 24.9 Å². The number of aliphatic hydroxyl groups excluding tert-OH is 1. The summed E-state index contributed by atoms with van der Waals surface area (Å²) in [5.74, 6) is -0.322. The van der Waals surface area contributed by atoms with Gasteiger partial charge in [-0.15, -0.1) is 0 Å². The van der Waals surface area contributed by atoms with Crippen LogP contribution in [-0.4, -0.2) is 85.3 Å². The summed E-state index contributed by atoms with van der Waals surface area (Å²) in [6.45, 7) is 4.95. The molecule has 0 spiro atoms. The number of nitrogens with one attached hydrogen (secondary N) is 1. The molecule has 1 fully saturated rings. The number of amides is 2. The largest absolute Gasteiger partial charge is 0.390 e. The van der Waals surface area contributed by atoms with Crippen LogP contribution in [0, 0.1) is 5.82 Å². The highest BCUT2D eigenvalue weighted by Gasteiger charge is 2.19. The molecule has 0 unspecified atom stereocenters. The maximum atomic E-state index is 13.1. The fraction of sp³-hybridized carbons (Fsp3) is 0.588. The second-order valence-electron chi connectivity index (χ2n) is 6.43. The van der Waals surface area contributed by atoms with E-state index < -0.39 is 6.10 Å². The Bertz CT molecular complexity index is 535. The molecule has 1 atom stereocenters. The Hall–Kier alpha value is -1.70. The van der Waals surface area contributed by atoms with Gasteiger partial charge in [-0.2, -0.15) is 0 Å². The number of carbonyl (C=O) groups is 1. The van der Waals surface area contributed by atoms with Crippen molar-refractivity contribution in [3.63, 3.8) is 0 Å². The Kier molecular flexibility index (Phi) is 6.96. The third-order valence-corrected chi connectivity index (χ3v) is 4.23. The molecular weight excluding hydrogens is 311 g/mol. The summed E-state index contributed by atoms with van der Waals surface area (Å²) < 4.78 is 13.1. The molecule has 1 aliphatic rings. The molecule has 0 radical (unpaired) electrons. The molecule has 24 heavy (non-hydrogen) atoms. The lowest BCUT2D eigenvalue weighted by Crippen LogP contribution is -2.49. The van der Waals surface area contributed by atoms with Gasteiger partial charge >= 0.3 is 6.03 Å². The van der Waals surface area contributed by atoms with Gasteiger partial charge in [0.05, 0.1) is 6.10 Å². The van der Waals surface area contributed by atoms with Crippen LogP contribution in [0.1, 0.15) is 5.56 Å². The van der Waals surface area contributed by atoms with Crippen LogP contribution < -0.4 is 5.32 Å². The summed E-state index contributed by atoms with van der Waals surface area (Å²) in [6.07, 6.45) is -0.585. The molecule has 0 aliphatic carbocycles. The zero-order valence-corrected chi connectivity index (χ0v) is 14.4. The number of hydrogen-bond donors (Lipinski definition) is 2. The Labute approximate surface area is 142 Å². The van der Waals surface area contributed by atoms with Crippen LogP contribution in [-0.2, 0) is 6.54 Å². The number of urea groups is 1. The molecule has 134 valence electrons. The average Bonchev–Trinajstić information content (AvgIpc) is 2.54. The summed E-state index contributed by atoms with van der Waals surface area (Å²) in [5.41, 5.74) is 0.703. The lowest BCUT2D eigenvalue weighted by Gasteiger charge is -2.34. The van der Waals surface area contributed by atoms with Gasteiger partial charge in [-0.05, 0) is 24.7 Å². The monoisotopic (exact) mass is 338 g/mol. The van der Waals surface area contributed by atoms with Gasteiger partial charge in [-0.3, -0.25) is 4.90 Å². The van der Waals surface area contributed by atoms with Crippen LogP contribution in [0.15, 0.2) is 24.3 Å². The molecular formula is C17H27FN4O2. The number of β-amino-alcohol motifs (C(OH)–C–C–N with tert-alkyl or cyclic N) is 1. The second-order valence-corrected chi connectivity index (χ2v) is 6.43. The first-order valence-corrected chi connectivity index (χ1v) is 8.26. The van der Waals surface area contributed by atoms with Crippen molar-refractivity contribution >= 4 is 6.03 Å². The van der Waals surface area contributed by atoms with Gasteiger partial charge in [0.1, 0.15) is 5.82 Å². The van der Waals surface area contributed by atoms with Crippen LogP contribution in [0.4, 0.5) is 9.18 Å². The molecule has 2 rings (SSSR count). The summed E-state index contributed by atoms with van der Waals surface area (Å²) >= 11 is 0. The van der Waals surface area contributed by atoms with E-state index in [0.717, 1.165) is 26.2 Å². The van der Waals surface area contributed by atoms with E-state index in [4.69, 9.17) is 0 Å². The number of rotatable bonds is 6. The minimum absolute atomic E-state index is 0.259. The third kappa shape index (κ3) is 6.07. The number of nitrogens with zero attached hydrogens (tertiary/aromatic N) is 3. The minimum Gasteiger partial charge on any atom is -0.390 e. The first kappa shape index (κ1) is 18.6. The van der Waals surface area contributed by atoms with Gasteiger partial charge in [0.2, 0.25) is 0 Å². The summed E-state index contributed by atoms with van der Waals surface area (Å²) in [5, 5.41) is 12.9. The summed E-state index contributed by atoms with van der Waals surface area (Å²) in [7, 11) is 3.73. The van der Waals surface area contributed by atoms with Gasteiger partial charge in [0, 0.05) is 52.9 Å². The number of benzene rings is 1. The van der Waals surface area contributed by atoms with E-state index in [0.29, 0.717) is 12.1 Å². The third-order valence-electron chi connectivity index (χ3n) is 4.23. The van der Waals surface area contributed by atoms with Crippen molar-refractivity contribution in [2.24, 2.45) is 0 Å². The average molecular weight is 338 g/mol. The van der Waals surface area contributed by atoms with Crippen LogP contribution in [0.25, 0.3) is 0 Å². The Morgan fingerprint density at radius 1 is 1.38 bits per heavy atom. The van der Waals surface area contributed by atoms with Crippen molar-refractivity contribution < 1.29 is 14.3 Å². The number of aliphatic hydroxyl groups is 1. The van der Waals surface area contributed by atoms with E-state index in [9.17, 15) is 14.3 Å². The highest BCUT2D eigenvalue weighted by molar-refractivity contribution is 5.73. The predicted octanol–water partition coefficient (Wildman–Crippen LogP) is 0.575. The van der Waals surface area contributed by atoms with E-state index in [1.807, 2.05) is 0 Å². The van der Waals surface area contributed by atoms with E-state index >= 15 is 0 Å². The smallest absolute Gasteiger partial charge is 0.317 e. The van der Waals surface area contributed by atoms with Gasteiger partial charge in [0.15, 0.2) is 0 Å². The zero-order chi connectivity index (χ0) is 17.5. The first-order valence-electron chi connectivity index (χ1n) is 8.26. The topological polar surface area (TPSA) is 59.1 Å². The number of carbonyl (C=O) groups excluding carboxylic acids is 1. The molecule has 7 heteroatoms. The van der Waals surface area contributed by atoms with Crippen molar-refractivity contribution in [1.82, 2.24) is 20.0 Å². The lowest BCUT2D eigenvalue weighted by molar-refractivity contribution is 0.0658. The van der Waals surface area contributed by atoms with Crippen molar-refractivity contribution in [2.75, 3.05) is 53.4 Å². The number of hydrogen-bond acceptors (Lipinski definition) is 4. The standard InChI is InChI=1S/C17H27FN4O2/c1-20-6-8-22(9-7-20)13-16(23)12-21(2)17(24)19-11-14-4-3-5-15(18)10-14/h3-5,10,16,23H,6-9,11-13H2,1-2H3,(H,19,24)/t16-/m1/s1. The Morgan fingerprint density at radius 3 is 2.75 bits per heavy atom. The normalized spacial score (nSPS) is 17.5. The number of piperazine rings is 1. The van der Waals surface area contributed by atoms with Crippen molar-refractivity contribution in [1.29, 1.82) is 0 Å². The number of halogens is 1. The number of likely N-dealkylation sites (N-methyl/N-ethyl adjacent to an activating group) is 2. The molecule has 0 saturated carbocycles. The quantitative estimate of drug-likeness (QED) is 0.796. The fourth-order valence-electron chi connectivity index (χ4n) is 2.74. The lowest BCUT2D eigenvalue weighted by atomic mass is 10.2. The molecule has 1 saturated heterocycles. The highest BCUT2D eigenvalue weighted by Crippen LogP contribution is 2.04. The van der Waals surface area contributed by atoms with Gasteiger partial charge in [-0.1, -0.05) is 12.1 Å². The minimum atomic E-state index is -0.585. The van der Waals surface area contributed by atoms with Gasteiger partial charge < -0.3 is 20.2 Å². The molecule has 2 N–H and O–H groups in total. The van der Waals surface area contributed by atoms with Crippen LogP contribution >= 0.6 is 0 Å². The van der Waals surface area contributed by atoms with Gasteiger partial charge in [-0.25, -0.2) is 9.18 Å². The molecule has 6 nitrogen and oxygen atoms in total. The molecule has 1 heterocycles. The van der Waals surface area contributed by atoms with Crippen LogP contribution in [0.3, 0.4) is 0 Å². The van der Waals surface area contributed by atoms with Crippen LogP contribution in [0.2, 0.25) is 0 Å². The molecule has 2 amide bonds. The van der Waals surface area contributed by atoms with E-state index in [1.165, 1.54) is 17.0 Å². The summed E-state index contributed by atoms with van der Waals surface area (Å²) in [6, 6.07) is 5.84. The zero-order valence-electron chi connectivity index (χ0n) is 14.4. The maximum absolute atomic E-state index is 13.1. The molecule has 1 aromatic rings. The molecule has 0 aromatic heterocycles. The van der Waals surface area contributed by atoms with E-state index in [1.54, 1.807) is 19.2 Å². The Morgan fingerprint density at radius 2 is 2.08 bits per heavy atom. The fourth-order valence-corrected chi connectivity index (χ4v) is 2.74. The first-order chi connectivity index (χ1) is 11.4. The van der Waals surface area contributed by atoms with Crippen molar-refractivity contribution in [3.8, 4) is 0 Å². The molecule has 0 bridgehead atoms. The maximum Gasteiger partial charge on any atom is 0.317 e. The van der Waals surface area contributed by atoms with E-state index in [2.05, 4.69) is 22.2 Å². The predicted molar refractivity (Wildman–Crippen MR) is 91.2 cm³/mol. The second kappa shape index (κ2) is 8.96. The highest BCUT2D eigenvalue weighted by atomic mass is 19.1. The van der Waals surface area contributed by atoms with Crippen molar-refractivity contribution in [3.05, 3.63) is 35.6 Å². The van der Waals surface area contributed by atoms with Gasteiger partial charge in [0.25, 0.3) is 0 Å².